The molecule has 210 valence electrons. The second kappa shape index (κ2) is 11.8. The van der Waals surface area contributed by atoms with Crippen LogP contribution in [0.4, 0.5) is 0 Å². The van der Waals surface area contributed by atoms with Crippen LogP contribution in [0.3, 0.4) is 0 Å². The second-order valence-corrected chi connectivity index (χ2v) is 12.6. The third kappa shape index (κ3) is 5.30. The summed E-state index contributed by atoms with van der Waals surface area (Å²) in [6, 6.07) is 10.9. The van der Waals surface area contributed by atoms with Crippen molar-refractivity contribution in [2.24, 2.45) is 23.7 Å². The number of methoxy groups -OCH3 is 1. The number of carbonyl (C=O) groups is 2. The zero-order valence-corrected chi connectivity index (χ0v) is 25.6. The molecule has 0 spiro atoms. The molecule has 1 fully saturated rings. The van der Waals surface area contributed by atoms with Gasteiger partial charge in [0, 0.05) is 23.0 Å². The molecule has 0 radical (unpaired) electrons. The molecule has 2 N–H and O–H groups in total. The van der Waals surface area contributed by atoms with Gasteiger partial charge in [-0.15, -0.1) is 0 Å². The predicted octanol–water partition coefficient (Wildman–Crippen LogP) is 6.74. The van der Waals surface area contributed by atoms with Crippen LogP contribution in [0.25, 0.3) is 6.08 Å². The highest BCUT2D eigenvalue weighted by atomic mass is 127. The number of allylic oxidation sites excluding steroid dienone is 2. The quantitative estimate of drug-likeness (QED) is 0.195. The van der Waals surface area contributed by atoms with E-state index in [0.29, 0.717) is 36.0 Å². The number of benzene rings is 2. The van der Waals surface area contributed by atoms with Crippen molar-refractivity contribution in [3.63, 3.8) is 0 Å². The number of hydrogen-bond acceptors (Lipinski definition) is 6. The average Bonchev–Trinajstić information content (AvgIpc) is 2.94. The molecule has 1 saturated heterocycles. The largest absolute Gasteiger partial charge is 0.504 e. The molecule has 1 heterocycles. The van der Waals surface area contributed by atoms with Crippen LogP contribution in [0.5, 0.6) is 11.5 Å². The number of fused-ring (bicyclic) bond motifs is 4. The Morgan fingerprint density at radius 3 is 2.52 bits per heavy atom. The molecule has 2 aromatic carbocycles. The van der Waals surface area contributed by atoms with Crippen molar-refractivity contribution in [1.29, 1.82) is 0 Å². The monoisotopic (exact) mass is 654 g/mol. The Labute approximate surface area is 250 Å². The van der Waals surface area contributed by atoms with E-state index in [1.54, 1.807) is 19.2 Å². The molecule has 0 saturated carbocycles. The maximum absolute atomic E-state index is 13.8. The first-order valence-corrected chi connectivity index (χ1v) is 15.2. The van der Waals surface area contributed by atoms with Gasteiger partial charge >= 0.3 is 7.12 Å². The lowest BCUT2D eigenvalue weighted by atomic mass is 9.53. The van der Waals surface area contributed by atoms with E-state index in [9.17, 15) is 19.7 Å². The fraction of sp³-hybridized carbons (Fsp3) is 0.438. The molecule has 3 aliphatic rings. The maximum Gasteiger partial charge on any atom is 0.455 e. The smallest absolute Gasteiger partial charge is 0.455 e. The Hall–Kier alpha value is -2.43. The lowest BCUT2D eigenvalue weighted by Gasteiger charge is -2.48. The molecule has 0 unspecified atom stereocenters. The number of rotatable bonds is 7. The van der Waals surface area contributed by atoms with Gasteiger partial charge in [-0.3, -0.25) is 9.59 Å². The number of halogens is 1. The molecular formula is C32H36BIO6. The van der Waals surface area contributed by atoms with E-state index < -0.39 is 19.0 Å². The molecule has 4 atom stereocenters. The van der Waals surface area contributed by atoms with Gasteiger partial charge < -0.3 is 19.5 Å². The van der Waals surface area contributed by atoms with E-state index in [4.69, 9.17) is 9.39 Å². The van der Waals surface area contributed by atoms with Crippen molar-refractivity contribution in [2.75, 3.05) is 7.11 Å². The number of aromatic hydroxyl groups is 1. The lowest BCUT2D eigenvalue weighted by Crippen LogP contribution is -2.51. The van der Waals surface area contributed by atoms with E-state index in [1.165, 1.54) is 11.1 Å². The van der Waals surface area contributed by atoms with Gasteiger partial charge in [0.15, 0.2) is 23.1 Å². The zero-order chi connectivity index (χ0) is 28.7. The molecule has 2 aromatic rings. The minimum absolute atomic E-state index is 0.0170. The molecule has 5 rings (SSSR count). The Morgan fingerprint density at radius 2 is 1.88 bits per heavy atom. The van der Waals surface area contributed by atoms with Crippen LogP contribution in [0.2, 0.25) is 6.32 Å². The first-order valence-electron chi connectivity index (χ1n) is 14.1. The summed E-state index contributed by atoms with van der Waals surface area (Å²) in [5.74, 6) is -0.234. The minimum atomic E-state index is -0.983. The van der Waals surface area contributed by atoms with Crippen LogP contribution >= 0.6 is 22.6 Å². The van der Waals surface area contributed by atoms with E-state index in [1.807, 2.05) is 24.3 Å². The maximum atomic E-state index is 13.8. The van der Waals surface area contributed by atoms with E-state index in [2.05, 4.69) is 49.4 Å². The molecule has 0 bridgehead atoms. The summed E-state index contributed by atoms with van der Waals surface area (Å²) in [4.78, 5) is 27.4. The summed E-state index contributed by atoms with van der Waals surface area (Å²) in [6.45, 7) is 6.39. The third-order valence-corrected chi connectivity index (χ3v) is 9.64. The summed E-state index contributed by atoms with van der Waals surface area (Å²) < 4.78 is 12.2. The van der Waals surface area contributed by atoms with Crippen molar-refractivity contribution in [2.45, 2.75) is 58.9 Å². The summed E-state index contributed by atoms with van der Waals surface area (Å²) in [6.07, 6.45) is 4.94. The number of hydrogen-bond donors (Lipinski definition) is 2. The minimum Gasteiger partial charge on any atom is -0.504 e. The van der Waals surface area contributed by atoms with Crippen LogP contribution in [0.15, 0.2) is 53.1 Å². The highest BCUT2D eigenvalue weighted by molar-refractivity contribution is 14.1. The van der Waals surface area contributed by atoms with E-state index >= 15 is 0 Å². The highest BCUT2D eigenvalue weighted by Crippen LogP contribution is 2.52. The van der Waals surface area contributed by atoms with Gasteiger partial charge in [0.25, 0.3) is 0 Å². The Morgan fingerprint density at radius 1 is 1.18 bits per heavy atom. The van der Waals surface area contributed by atoms with Gasteiger partial charge in [-0.25, -0.2) is 0 Å². The van der Waals surface area contributed by atoms with Gasteiger partial charge in [0.1, 0.15) is 0 Å². The van der Waals surface area contributed by atoms with Crippen LogP contribution < -0.4 is 4.74 Å². The first kappa shape index (κ1) is 29.1. The molecule has 0 aromatic heterocycles. The Kier molecular flexibility index (Phi) is 8.59. The normalized spacial score (nSPS) is 24.7. The highest BCUT2D eigenvalue weighted by Gasteiger charge is 2.53. The molecule has 2 aliphatic carbocycles. The van der Waals surface area contributed by atoms with Crippen molar-refractivity contribution in [3.05, 3.63) is 73.4 Å². The topological polar surface area (TPSA) is 93.1 Å². The van der Waals surface area contributed by atoms with Crippen molar-refractivity contribution in [1.82, 2.24) is 0 Å². The molecular weight excluding hydrogens is 618 g/mol. The Bertz CT molecular complexity index is 1400. The van der Waals surface area contributed by atoms with Gasteiger partial charge in [-0.05, 0) is 89.7 Å². The fourth-order valence-electron chi connectivity index (χ4n) is 6.89. The number of ether oxygens (including phenoxy) is 1. The van der Waals surface area contributed by atoms with Gasteiger partial charge in [-0.1, -0.05) is 62.3 Å². The van der Waals surface area contributed by atoms with E-state index in [-0.39, 0.29) is 35.3 Å². The molecule has 40 heavy (non-hydrogen) atoms. The SMILES string of the molecule is CC/C(=C\c1cc(I)c(O)c(OC)c1)CC[C@H]1OB(O)C[C@H]2C1=C(C(C)C)C[C@H]1C(=O)c3ccccc3C(=O)[C@H]12. The summed E-state index contributed by atoms with van der Waals surface area (Å²) >= 11 is 2.10. The zero-order valence-electron chi connectivity index (χ0n) is 23.4. The van der Waals surface area contributed by atoms with Gasteiger partial charge in [-0.2, -0.15) is 0 Å². The van der Waals surface area contributed by atoms with Crippen molar-refractivity contribution < 1.29 is 29.1 Å². The van der Waals surface area contributed by atoms with E-state index in [0.717, 1.165) is 27.5 Å². The third-order valence-electron chi connectivity index (χ3n) is 8.82. The summed E-state index contributed by atoms with van der Waals surface area (Å²) in [7, 11) is 0.558. The van der Waals surface area contributed by atoms with Crippen LogP contribution in [-0.2, 0) is 4.65 Å². The first-order chi connectivity index (χ1) is 19.1. The number of phenols is 1. The molecule has 8 heteroatoms. The summed E-state index contributed by atoms with van der Waals surface area (Å²) in [5.41, 5.74) is 5.52. The molecule has 6 nitrogen and oxygen atoms in total. The summed E-state index contributed by atoms with van der Waals surface area (Å²) in [5, 5.41) is 21.1. The standard InChI is InChI=1S/C32H36BIO6/c1-5-18(12-19-13-25(34)32(37)27(14-19)39-4)10-11-26-28-22(17(2)3)15-23-29(24(28)16-33(38)40-26)31(36)21-9-7-6-8-20(21)30(23)35/h6-9,12-14,17,23-24,26,29,37-38H,5,10-11,15-16H2,1-4H3/b18-12+/t23-,24+,26-,29-/m1/s1. The van der Waals surface area contributed by atoms with Gasteiger partial charge in [0.05, 0.1) is 16.8 Å². The number of phenolic OH excluding ortho intramolecular Hbond substituents is 1. The number of carbonyl (C=O) groups excluding carboxylic acids is 2. The van der Waals surface area contributed by atoms with Gasteiger partial charge in [0.2, 0.25) is 0 Å². The predicted molar refractivity (Wildman–Crippen MR) is 165 cm³/mol. The van der Waals surface area contributed by atoms with Crippen LogP contribution in [0.1, 0.15) is 72.7 Å². The number of Topliss-reactive ketones (excluding diaryl/α,β-unsaturated/α-hetero) is 2. The average molecular weight is 654 g/mol. The second-order valence-electron chi connectivity index (χ2n) is 11.4. The van der Waals surface area contributed by atoms with Crippen molar-refractivity contribution >= 4 is 47.4 Å². The Balaban J connectivity index is 1.47. The molecule has 1 aliphatic heterocycles. The lowest BCUT2D eigenvalue weighted by molar-refractivity contribution is 0.0593. The molecule has 0 amide bonds. The fourth-order valence-corrected chi connectivity index (χ4v) is 7.52. The van der Waals surface area contributed by atoms with Crippen LogP contribution in [0, 0.1) is 27.2 Å². The van der Waals surface area contributed by atoms with Crippen molar-refractivity contribution in [3.8, 4) is 11.5 Å². The van der Waals surface area contributed by atoms with Crippen LogP contribution in [-0.4, -0.2) is 42.0 Å². The number of ketones is 2.